The van der Waals surface area contributed by atoms with Crippen LogP contribution in [0.1, 0.15) is 69.8 Å². The maximum atomic E-state index is 10.9. The van der Waals surface area contributed by atoms with Gasteiger partial charge in [-0.15, -0.1) is 0 Å². The van der Waals surface area contributed by atoms with Gasteiger partial charge in [0.05, 0.1) is 4.92 Å². The van der Waals surface area contributed by atoms with Gasteiger partial charge < -0.3 is 10.1 Å². The number of nitro benzene ring substituents is 1. The van der Waals surface area contributed by atoms with Crippen molar-refractivity contribution >= 4 is 11.5 Å². The number of benzene rings is 1. The molecule has 2 aliphatic carbocycles. The van der Waals surface area contributed by atoms with E-state index >= 15 is 0 Å². The first-order valence-electron chi connectivity index (χ1n) is 9.46. The average molecular weight is 345 g/mol. The second-order valence-electron chi connectivity index (χ2n) is 7.22. The standard InChI is InChI=1S/C19H27N3O3/c23-20-19(15-11-13-18(14-12-15)22(24)25)21(16-7-3-1-4-8-16)17-9-5-2-6-10-17/h11-14,16-17,23H,1-10H2/b20-19-. The van der Waals surface area contributed by atoms with E-state index in [9.17, 15) is 15.3 Å². The largest absolute Gasteiger partial charge is 0.409 e. The number of amidine groups is 1. The molecule has 1 aromatic carbocycles. The molecule has 2 fully saturated rings. The highest BCUT2D eigenvalue weighted by molar-refractivity contribution is 5.99. The van der Waals surface area contributed by atoms with Crippen molar-refractivity contribution in [1.29, 1.82) is 0 Å². The molecule has 0 amide bonds. The number of hydrogen-bond donors (Lipinski definition) is 1. The molecule has 25 heavy (non-hydrogen) atoms. The molecule has 1 N–H and O–H groups in total. The molecule has 3 rings (SSSR count). The molecule has 2 saturated carbocycles. The second-order valence-corrected chi connectivity index (χ2v) is 7.22. The molecule has 136 valence electrons. The van der Waals surface area contributed by atoms with E-state index < -0.39 is 4.92 Å². The smallest absolute Gasteiger partial charge is 0.269 e. The molecular weight excluding hydrogens is 318 g/mol. The summed E-state index contributed by atoms with van der Waals surface area (Å²) in [4.78, 5) is 12.8. The number of hydrogen-bond acceptors (Lipinski definition) is 4. The van der Waals surface area contributed by atoms with E-state index in [4.69, 9.17) is 0 Å². The van der Waals surface area contributed by atoms with E-state index in [-0.39, 0.29) is 5.69 Å². The Morgan fingerprint density at radius 2 is 1.44 bits per heavy atom. The van der Waals surface area contributed by atoms with Crippen molar-refractivity contribution in [1.82, 2.24) is 4.90 Å². The molecule has 0 saturated heterocycles. The van der Waals surface area contributed by atoms with Gasteiger partial charge in [0.25, 0.3) is 5.69 Å². The maximum Gasteiger partial charge on any atom is 0.269 e. The topological polar surface area (TPSA) is 79.0 Å². The van der Waals surface area contributed by atoms with E-state index in [2.05, 4.69) is 10.1 Å². The minimum absolute atomic E-state index is 0.0583. The number of nitrogens with zero attached hydrogens (tertiary/aromatic N) is 3. The first kappa shape index (κ1) is 17.7. The minimum atomic E-state index is -0.403. The van der Waals surface area contributed by atoms with E-state index in [1.165, 1.54) is 50.7 Å². The Morgan fingerprint density at radius 1 is 0.960 bits per heavy atom. The lowest BCUT2D eigenvalue weighted by molar-refractivity contribution is -0.384. The van der Waals surface area contributed by atoms with Gasteiger partial charge in [0.2, 0.25) is 0 Å². The zero-order valence-electron chi connectivity index (χ0n) is 14.6. The Bertz CT molecular complexity index is 585. The highest BCUT2D eigenvalue weighted by atomic mass is 16.6. The predicted octanol–water partition coefficient (Wildman–Crippen LogP) is 4.70. The third-order valence-corrected chi connectivity index (χ3v) is 5.61. The van der Waals surface area contributed by atoms with Crippen LogP contribution in [0.25, 0.3) is 0 Å². The summed E-state index contributed by atoms with van der Waals surface area (Å²) < 4.78 is 0. The summed E-state index contributed by atoms with van der Waals surface area (Å²) in [6.07, 6.45) is 11.9. The third kappa shape index (κ3) is 4.11. The molecule has 6 heteroatoms. The van der Waals surface area contributed by atoms with E-state index in [1.54, 1.807) is 12.1 Å². The molecule has 0 radical (unpaired) electrons. The molecule has 0 bridgehead atoms. The summed E-state index contributed by atoms with van der Waals surface area (Å²) in [6.45, 7) is 0. The molecule has 0 heterocycles. The average Bonchev–Trinajstić information content (AvgIpc) is 2.67. The Labute approximate surface area is 148 Å². The van der Waals surface area contributed by atoms with E-state index in [1.807, 2.05) is 0 Å². The van der Waals surface area contributed by atoms with Crippen LogP contribution in [0.15, 0.2) is 29.4 Å². The zero-order valence-corrected chi connectivity index (χ0v) is 14.6. The van der Waals surface area contributed by atoms with Crippen molar-refractivity contribution in [3.05, 3.63) is 39.9 Å². The molecule has 2 aliphatic rings. The molecular formula is C19H27N3O3. The van der Waals surface area contributed by atoms with Crippen LogP contribution in [-0.2, 0) is 0 Å². The molecule has 0 aromatic heterocycles. The van der Waals surface area contributed by atoms with Crippen molar-refractivity contribution in [3.63, 3.8) is 0 Å². The van der Waals surface area contributed by atoms with Crippen LogP contribution in [-0.4, -0.2) is 32.9 Å². The summed E-state index contributed by atoms with van der Waals surface area (Å²) in [5.74, 6) is 0.577. The Hall–Kier alpha value is -2.11. The summed E-state index contributed by atoms with van der Waals surface area (Å²) in [5, 5.41) is 24.4. The van der Waals surface area contributed by atoms with Gasteiger partial charge in [-0.3, -0.25) is 10.1 Å². The normalized spacial score (nSPS) is 20.4. The van der Waals surface area contributed by atoms with Crippen LogP contribution >= 0.6 is 0 Å². The fourth-order valence-electron chi connectivity index (χ4n) is 4.35. The third-order valence-electron chi connectivity index (χ3n) is 5.61. The van der Waals surface area contributed by atoms with Gasteiger partial charge in [-0.1, -0.05) is 43.7 Å². The number of rotatable bonds is 4. The van der Waals surface area contributed by atoms with Crippen LogP contribution in [0.3, 0.4) is 0 Å². The van der Waals surface area contributed by atoms with Crippen molar-refractivity contribution in [2.45, 2.75) is 76.3 Å². The number of oxime groups is 1. The monoisotopic (exact) mass is 345 g/mol. The molecule has 1 aromatic rings. The van der Waals surface area contributed by atoms with Crippen LogP contribution < -0.4 is 0 Å². The second kappa shape index (κ2) is 8.32. The first-order chi connectivity index (χ1) is 12.2. The zero-order chi connectivity index (χ0) is 17.6. The van der Waals surface area contributed by atoms with Crippen molar-refractivity contribution in [2.75, 3.05) is 0 Å². The molecule has 0 atom stereocenters. The van der Waals surface area contributed by atoms with Gasteiger partial charge in [-0.2, -0.15) is 0 Å². The van der Waals surface area contributed by atoms with Crippen LogP contribution in [0.4, 0.5) is 5.69 Å². The predicted molar refractivity (Wildman–Crippen MR) is 97.0 cm³/mol. The summed E-state index contributed by atoms with van der Waals surface area (Å²) in [7, 11) is 0. The first-order valence-corrected chi connectivity index (χ1v) is 9.46. The molecule has 0 unspecified atom stereocenters. The Balaban J connectivity index is 1.89. The highest BCUT2D eigenvalue weighted by Gasteiger charge is 2.32. The van der Waals surface area contributed by atoms with Gasteiger partial charge in [-0.25, -0.2) is 0 Å². The summed E-state index contributed by atoms with van der Waals surface area (Å²) >= 11 is 0. The molecule has 0 spiro atoms. The van der Waals surface area contributed by atoms with Crippen LogP contribution in [0.2, 0.25) is 0 Å². The SMILES string of the molecule is O=[N+]([O-])c1ccc(/C(=N/O)N(C2CCCCC2)C2CCCCC2)cc1. The Morgan fingerprint density at radius 3 is 1.84 bits per heavy atom. The number of non-ortho nitro benzene ring substituents is 1. The van der Waals surface area contributed by atoms with Crippen molar-refractivity contribution < 1.29 is 10.1 Å². The summed E-state index contributed by atoms with van der Waals surface area (Å²) in [5.41, 5.74) is 0.812. The summed E-state index contributed by atoms with van der Waals surface area (Å²) in [6, 6.07) is 7.18. The fraction of sp³-hybridized carbons (Fsp3) is 0.632. The van der Waals surface area contributed by atoms with E-state index in [0.717, 1.165) is 31.2 Å². The van der Waals surface area contributed by atoms with Gasteiger partial charge in [0.15, 0.2) is 5.84 Å². The van der Waals surface area contributed by atoms with Gasteiger partial charge in [0.1, 0.15) is 0 Å². The van der Waals surface area contributed by atoms with Crippen molar-refractivity contribution in [3.8, 4) is 0 Å². The highest BCUT2D eigenvalue weighted by Crippen LogP contribution is 2.32. The molecule has 6 nitrogen and oxygen atoms in total. The maximum absolute atomic E-state index is 10.9. The lowest BCUT2D eigenvalue weighted by Crippen LogP contribution is -2.49. The van der Waals surface area contributed by atoms with E-state index in [0.29, 0.717) is 17.9 Å². The minimum Gasteiger partial charge on any atom is -0.409 e. The van der Waals surface area contributed by atoms with Crippen LogP contribution in [0.5, 0.6) is 0 Å². The lowest BCUT2D eigenvalue weighted by atomic mass is 9.88. The van der Waals surface area contributed by atoms with Gasteiger partial charge in [0, 0.05) is 29.8 Å². The van der Waals surface area contributed by atoms with Crippen molar-refractivity contribution in [2.24, 2.45) is 5.16 Å². The number of nitro groups is 1. The molecule has 0 aliphatic heterocycles. The Kier molecular flexibility index (Phi) is 5.89. The van der Waals surface area contributed by atoms with Crippen LogP contribution in [0, 0.1) is 10.1 Å². The van der Waals surface area contributed by atoms with Gasteiger partial charge >= 0.3 is 0 Å². The fourth-order valence-corrected chi connectivity index (χ4v) is 4.35. The van der Waals surface area contributed by atoms with Gasteiger partial charge in [-0.05, 0) is 37.8 Å². The lowest BCUT2D eigenvalue weighted by Gasteiger charge is -2.43. The quantitative estimate of drug-likeness (QED) is 0.282.